The third-order valence-electron chi connectivity index (χ3n) is 3.03. The van der Waals surface area contributed by atoms with E-state index in [9.17, 15) is 4.79 Å². The molecule has 102 valence electrons. The Balaban J connectivity index is 2.27. The van der Waals surface area contributed by atoms with E-state index in [0.717, 1.165) is 30.6 Å². The number of carbonyl (C=O) groups excluding carboxylic acids is 1. The monoisotopic (exact) mass is 275 g/mol. The number of rotatable bonds is 7. The fourth-order valence-corrected chi connectivity index (χ4v) is 2.61. The van der Waals surface area contributed by atoms with E-state index in [1.807, 2.05) is 38.1 Å². The summed E-state index contributed by atoms with van der Waals surface area (Å²) in [6.07, 6.45) is 3.15. The lowest BCUT2D eigenvalue weighted by atomic mass is 9.89. The van der Waals surface area contributed by atoms with Crippen LogP contribution in [-0.4, -0.2) is 11.5 Å². The number of hydrogen-bond acceptors (Lipinski definition) is 3. The summed E-state index contributed by atoms with van der Waals surface area (Å²) < 4.78 is 0. The number of carbonyl (C=O) groups is 1. The number of Topliss-reactive ketones (excluding diaryl/α,β-unsaturated/α-hetero) is 1. The first-order valence-electron chi connectivity index (χ1n) is 6.60. The molecule has 0 saturated heterocycles. The van der Waals surface area contributed by atoms with E-state index < -0.39 is 0 Å². The van der Waals surface area contributed by atoms with Gasteiger partial charge in [0.15, 0.2) is 5.78 Å². The van der Waals surface area contributed by atoms with Gasteiger partial charge in [-0.2, -0.15) is 5.26 Å². The van der Waals surface area contributed by atoms with Crippen molar-refractivity contribution >= 4 is 17.5 Å². The normalized spacial score (nSPS) is 11.1. The lowest BCUT2D eigenvalue weighted by molar-refractivity contribution is 0.101. The highest BCUT2D eigenvalue weighted by molar-refractivity contribution is 7.99. The van der Waals surface area contributed by atoms with Crippen molar-refractivity contribution in [3.8, 4) is 6.07 Å². The molecule has 0 radical (unpaired) electrons. The lowest BCUT2D eigenvalue weighted by Gasteiger charge is -2.14. The quantitative estimate of drug-likeness (QED) is 0.411. The maximum Gasteiger partial charge on any atom is 0.159 e. The van der Waals surface area contributed by atoms with Gasteiger partial charge in [0.2, 0.25) is 0 Å². The second-order valence-electron chi connectivity index (χ2n) is 5.38. The highest BCUT2D eigenvalue weighted by Crippen LogP contribution is 2.24. The fourth-order valence-electron chi connectivity index (χ4n) is 1.70. The van der Waals surface area contributed by atoms with Crippen LogP contribution in [0.4, 0.5) is 0 Å². The van der Waals surface area contributed by atoms with Crippen molar-refractivity contribution in [1.29, 1.82) is 5.26 Å². The number of hydrogen-bond donors (Lipinski definition) is 0. The van der Waals surface area contributed by atoms with E-state index in [1.54, 1.807) is 18.7 Å². The second kappa shape index (κ2) is 7.35. The molecule has 2 nitrogen and oxygen atoms in total. The molecular formula is C16H21NOS. The van der Waals surface area contributed by atoms with E-state index in [2.05, 4.69) is 6.07 Å². The zero-order valence-electron chi connectivity index (χ0n) is 11.9. The third kappa shape index (κ3) is 5.94. The Bertz CT molecular complexity index is 457. The largest absolute Gasteiger partial charge is 0.295 e. The summed E-state index contributed by atoms with van der Waals surface area (Å²) in [5.41, 5.74) is 0.563. The zero-order chi connectivity index (χ0) is 14.3. The summed E-state index contributed by atoms with van der Waals surface area (Å²) in [5.74, 6) is 1.16. The summed E-state index contributed by atoms with van der Waals surface area (Å²) in [6.45, 7) is 5.56. The van der Waals surface area contributed by atoms with E-state index in [-0.39, 0.29) is 11.2 Å². The molecule has 3 heteroatoms. The van der Waals surface area contributed by atoms with Crippen molar-refractivity contribution in [2.75, 3.05) is 5.75 Å². The van der Waals surface area contributed by atoms with Crippen LogP contribution in [0.25, 0.3) is 0 Å². The van der Waals surface area contributed by atoms with Gasteiger partial charge in [0.05, 0.1) is 11.5 Å². The maximum atomic E-state index is 11.1. The van der Waals surface area contributed by atoms with Crippen molar-refractivity contribution < 1.29 is 4.79 Å². The molecule has 0 aliphatic carbocycles. The molecule has 0 bridgehead atoms. The van der Waals surface area contributed by atoms with Crippen LogP contribution < -0.4 is 0 Å². The van der Waals surface area contributed by atoms with Gasteiger partial charge in [-0.25, -0.2) is 0 Å². The smallest absolute Gasteiger partial charge is 0.159 e. The first-order chi connectivity index (χ1) is 8.94. The summed E-state index contributed by atoms with van der Waals surface area (Å²) in [6, 6.07) is 10.1. The third-order valence-corrected chi connectivity index (χ3v) is 4.13. The molecule has 0 aliphatic heterocycles. The molecule has 0 unspecified atom stereocenters. The molecular weight excluding hydrogens is 254 g/mol. The van der Waals surface area contributed by atoms with Crippen LogP contribution in [0.1, 0.15) is 50.4 Å². The zero-order valence-corrected chi connectivity index (χ0v) is 12.7. The summed E-state index contributed by atoms with van der Waals surface area (Å²) >= 11 is 1.80. The molecule has 0 heterocycles. The van der Waals surface area contributed by atoms with Gasteiger partial charge in [-0.3, -0.25) is 4.79 Å². The number of thioether (sulfide) groups is 1. The van der Waals surface area contributed by atoms with Crippen molar-refractivity contribution in [3.05, 3.63) is 29.8 Å². The molecule has 0 fully saturated rings. The Kier molecular flexibility index (Phi) is 6.11. The number of ketones is 1. The highest BCUT2D eigenvalue weighted by Gasteiger charge is 2.15. The van der Waals surface area contributed by atoms with Gasteiger partial charge in [0.25, 0.3) is 0 Å². The molecule has 0 spiro atoms. The molecule has 0 saturated carbocycles. The first-order valence-corrected chi connectivity index (χ1v) is 7.58. The van der Waals surface area contributed by atoms with E-state index >= 15 is 0 Å². The average Bonchev–Trinajstić information content (AvgIpc) is 2.39. The summed E-state index contributed by atoms with van der Waals surface area (Å²) in [5, 5.41) is 8.92. The molecule has 0 atom stereocenters. The number of nitrogens with zero attached hydrogens (tertiary/aromatic N) is 1. The molecule has 0 aliphatic rings. The van der Waals surface area contributed by atoms with Crippen molar-refractivity contribution in [3.63, 3.8) is 0 Å². The standard InChI is InChI=1S/C16H21NOS/c1-13(18)14-6-8-15(9-7-14)19-11-5-4-10-16(2,3)12-17/h6-9H,4-5,10-11H2,1-3H3. The van der Waals surface area contributed by atoms with E-state index in [1.165, 1.54) is 4.90 Å². The number of nitriles is 1. The van der Waals surface area contributed by atoms with Gasteiger partial charge in [-0.15, -0.1) is 11.8 Å². The number of unbranched alkanes of at least 4 members (excludes halogenated alkanes) is 1. The van der Waals surface area contributed by atoms with Gasteiger partial charge in [-0.05, 0) is 51.5 Å². The van der Waals surface area contributed by atoms with Crippen LogP contribution in [0.5, 0.6) is 0 Å². The summed E-state index contributed by atoms with van der Waals surface area (Å²) in [4.78, 5) is 12.3. The summed E-state index contributed by atoms with van der Waals surface area (Å²) in [7, 11) is 0. The van der Waals surface area contributed by atoms with Crippen molar-refractivity contribution in [2.45, 2.75) is 44.9 Å². The lowest BCUT2D eigenvalue weighted by Crippen LogP contribution is -2.07. The van der Waals surface area contributed by atoms with Gasteiger partial charge >= 0.3 is 0 Å². The first kappa shape index (κ1) is 15.8. The molecule has 0 aromatic heterocycles. The van der Waals surface area contributed by atoms with Crippen LogP contribution in [0.2, 0.25) is 0 Å². The van der Waals surface area contributed by atoms with Gasteiger partial charge in [0, 0.05) is 10.5 Å². The topological polar surface area (TPSA) is 40.9 Å². The SMILES string of the molecule is CC(=O)c1ccc(SCCCCC(C)(C)C#N)cc1. The molecule has 19 heavy (non-hydrogen) atoms. The molecule has 0 N–H and O–H groups in total. The predicted octanol–water partition coefficient (Wildman–Crippen LogP) is 4.70. The van der Waals surface area contributed by atoms with Gasteiger partial charge in [-0.1, -0.05) is 18.6 Å². The molecule has 1 aromatic rings. The Morgan fingerprint density at radius 2 is 1.89 bits per heavy atom. The van der Waals surface area contributed by atoms with Crippen molar-refractivity contribution in [1.82, 2.24) is 0 Å². The van der Waals surface area contributed by atoms with Crippen LogP contribution in [0, 0.1) is 16.7 Å². The Morgan fingerprint density at radius 1 is 1.26 bits per heavy atom. The predicted molar refractivity (Wildman–Crippen MR) is 80.4 cm³/mol. The van der Waals surface area contributed by atoms with Crippen LogP contribution in [0.3, 0.4) is 0 Å². The van der Waals surface area contributed by atoms with E-state index in [4.69, 9.17) is 5.26 Å². The van der Waals surface area contributed by atoms with Crippen LogP contribution in [-0.2, 0) is 0 Å². The minimum absolute atomic E-state index is 0.107. The minimum Gasteiger partial charge on any atom is -0.295 e. The van der Waals surface area contributed by atoms with Crippen LogP contribution in [0.15, 0.2) is 29.2 Å². The number of benzene rings is 1. The second-order valence-corrected chi connectivity index (χ2v) is 6.55. The van der Waals surface area contributed by atoms with Crippen molar-refractivity contribution in [2.24, 2.45) is 5.41 Å². The molecule has 1 rings (SSSR count). The molecule has 1 aromatic carbocycles. The minimum atomic E-state index is -0.201. The van der Waals surface area contributed by atoms with E-state index in [0.29, 0.717) is 0 Å². The average molecular weight is 275 g/mol. The van der Waals surface area contributed by atoms with Gasteiger partial charge < -0.3 is 0 Å². The Labute approximate surface area is 120 Å². The van der Waals surface area contributed by atoms with Gasteiger partial charge in [0.1, 0.15) is 0 Å². The Hall–Kier alpha value is -1.27. The highest BCUT2D eigenvalue weighted by atomic mass is 32.2. The van der Waals surface area contributed by atoms with Crippen LogP contribution >= 0.6 is 11.8 Å². The molecule has 0 amide bonds. The fraction of sp³-hybridized carbons (Fsp3) is 0.500. The maximum absolute atomic E-state index is 11.1. The Morgan fingerprint density at radius 3 is 2.42 bits per heavy atom.